The molecular weight excluding hydrogens is 274 g/mol. The number of hydrogen-bond acceptors (Lipinski definition) is 5. The molecule has 2 aromatic rings. The normalized spacial score (nSPS) is 11.1. The highest BCUT2D eigenvalue weighted by Crippen LogP contribution is 2.23. The van der Waals surface area contributed by atoms with E-state index in [1.807, 2.05) is 13.8 Å². The molecular formula is C14H19N3O2S. The Morgan fingerprint density at radius 2 is 1.95 bits per heavy atom. The Kier molecular flexibility index (Phi) is 4.23. The van der Waals surface area contributed by atoms with Crippen molar-refractivity contribution >= 4 is 22.4 Å². The van der Waals surface area contributed by atoms with Gasteiger partial charge in [-0.05, 0) is 26.7 Å². The van der Waals surface area contributed by atoms with Gasteiger partial charge in [-0.1, -0.05) is 25.2 Å². The molecule has 5 nitrogen and oxygen atoms in total. The van der Waals surface area contributed by atoms with E-state index in [0.29, 0.717) is 22.4 Å². The molecule has 2 rings (SSSR count). The van der Waals surface area contributed by atoms with Crippen LogP contribution in [0, 0.1) is 26.7 Å². The van der Waals surface area contributed by atoms with Crippen molar-refractivity contribution in [3.05, 3.63) is 27.7 Å². The lowest BCUT2D eigenvalue weighted by molar-refractivity contribution is 0.102. The lowest BCUT2D eigenvalue weighted by Gasteiger charge is -2.01. The van der Waals surface area contributed by atoms with Gasteiger partial charge < -0.3 is 4.42 Å². The maximum atomic E-state index is 12.3. The molecule has 0 spiro atoms. The molecule has 1 N–H and O–H groups in total. The van der Waals surface area contributed by atoms with E-state index in [-0.39, 0.29) is 5.91 Å². The number of carbonyl (C=O) groups is 1. The van der Waals surface area contributed by atoms with E-state index in [1.54, 1.807) is 6.92 Å². The molecule has 0 saturated carbocycles. The molecule has 0 aliphatic rings. The number of hydrogen-bond donors (Lipinski definition) is 1. The molecule has 6 heteroatoms. The monoisotopic (exact) mass is 293 g/mol. The average Bonchev–Trinajstić information content (AvgIpc) is 2.84. The first-order chi connectivity index (χ1) is 9.38. The van der Waals surface area contributed by atoms with Crippen LogP contribution in [0.15, 0.2) is 4.42 Å². The Balaban J connectivity index is 2.13. The highest BCUT2D eigenvalue weighted by atomic mass is 32.1. The summed E-state index contributed by atoms with van der Waals surface area (Å²) < 4.78 is 5.47. The van der Waals surface area contributed by atoms with E-state index in [0.717, 1.165) is 22.8 Å². The zero-order valence-electron chi connectivity index (χ0n) is 12.4. The lowest BCUT2D eigenvalue weighted by atomic mass is 10.1. The summed E-state index contributed by atoms with van der Waals surface area (Å²) in [7, 11) is 0. The van der Waals surface area contributed by atoms with Crippen LogP contribution in [0.5, 0.6) is 0 Å². The van der Waals surface area contributed by atoms with Crippen molar-refractivity contribution in [3.8, 4) is 0 Å². The van der Waals surface area contributed by atoms with Crippen molar-refractivity contribution in [2.45, 2.75) is 41.0 Å². The van der Waals surface area contributed by atoms with Crippen molar-refractivity contribution in [1.82, 2.24) is 10.2 Å². The number of furan rings is 1. The van der Waals surface area contributed by atoms with E-state index in [2.05, 4.69) is 29.4 Å². The fraction of sp³-hybridized carbons (Fsp3) is 0.500. The van der Waals surface area contributed by atoms with Gasteiger partial charge >= 0.3 is 0 Å². The first kappa shape index (κ1) is 14.7. The molecule has 0 saturated heterocycles. The second-order valence-electron chi connectivity index (χ2n) is 5.27. The minimum absolute atomic E-state index is 0.191. The molecule has 0 unspecified atom stereocenters. The number of amides is 1. The van der Waals surface area contributed by atoms with Crippen molar-refractivity contribution < 1.29 is 9.21 Å². The Hall–Kier alpha value is -1.69. The fourth-order valence-electron chi connectivity index (χ4n) is 2.02. The number of nitrogens with zero attached hydrogens (tertiary/aromatic N) is 2. The van der Waals surface area contributed by atoms with Crippen molar-refractivity contribution in [2.24, 2.45) is 5.92 Å². The third-order valence-corrected chi connectivity index (χ3v) is 3.92. The maximum absolute atomic E-state index is 12.3. The Labute approximate surface area is 122 Å². The smallest absolute Gasteiger partial charge is 0.261 e. The number of carbonyl (C=O) groups excluding carboxylic acids is 1. The zero-order chi connectivity index (χ0) is 14.9. The summed E-state index contributed by atoms with van der Waals surface area (Å²) in [5.74, 6) is 1.73. The van der Waals surface area contributed by atoms with Gasteiger partial charge in [-0.15, -0.1) is 10.2 Å². The third-order valence-electron chi connectivity index (χ3n) is 3.06. The van der Waals surface area contributed by atoms with Gasteiger partial charge in [0.25, 0.3) is 5.91 Å². The van der Waals surface area contributed by atoms with Gasteiger partial charge in [-0.3, -0.25) is 10.1 Å². The highest BCUT2D eigenvalue weighted by molar-refractivity contribution is 7.15. The summed E-state index contributed by atoms with van der Waals surface area (Å²) in [6.07, 6.45) is 0.871. The van der Waals surface area contributed by atoms with E-state index in [4.69, 9.17) is 4.42 Å². The SMILES string of the molecule is Cc1oc(C)c(C(=O)Nc2nnc(CC(C)C)s2)c1C. The predicted molar refractivity (Wildman–Crippen MR) is 79.3 cm³/mol. The summed E-state index contributed by atoms with van der Waals surface area (Å²) in [6.45, 7) is 9.77. The van der Waals surface area contributed by atoms with E-state index < -0.39 is 0 Å². The average molecular weight is 293 g/mol. The van der Waals surface area contributed by atoms with Crippen LogP contribution in [0.1, 0.15) is 46.3 Å². The molecule has 2 heterocycles. The first-order valence-corrected chi connectivity index (χ1v) is 7.40. The van der Waals surface area contributed by atoms with E-state index in [9.17, 15) is 4.79 Å². The van der Waals surface area contributed by atoms with Crippen molar-refractivity contribution in [3.63, 3.8) is 0 Å². The van der Waals surface area contributed by atoms with Crippen LogP contribution in [0.4, 0.5) is 5.13 Å². The Morgan fingerprint density at radius 1 is 1.25 bits per heavy atom. The molecule has 0 aromatic carbocycles. The molecule has 0 radical (unpaired) electrons. The Morgan fingerprint density at radius 3 is 2.50 bits per heavy atom. The summed E-state index contributed by atoms with van der Waals surface area (Å²) in [5.41, 5.74) is 1.45. The van der Waals surface area contributed by atoms with E-state index >= 15 is 0 Å². The van der Waals surface area contributed by atoms with Crippen LogP contribution < -0.4 is 5.32 Å². The number of anilines is 1. The molecule has 2 aromatic heterocycles. The molecule has 0 bridgehead atoms. The first-order valence-electron chi connectivity index (χ1n) is 6.58. The largest absolute Gasteiger partial charge is 0.466 e. The van der Waals surface area contributed by atoms with Gasteiger partial charge in [0.1, 0.15) is 16.5 Å². The Bertz CT molecular complexity index is 628. The van der Waals surface area contributed by atoms with Gasteiger partial charge in [-0.2, -0.15) is 0 Å². The fourth-order valence-corrected chi connectivity index (χ4v) is 2.97. The van der Waals surface area contributed by atoms with Gasteiger partial charge in [0.05, 0.1) is 5.56 Å². The molecule has 0 atom stereocenters. The minimum atomic E-state index is -0.191. The molecule has 20 heavy (non-hydrogen) atoms. The van der Waals surface area contributed by atoms with Crippen LogP contribution in [0.25, 0.3) is 0 Å². The van der Waals surface area contributed by atoms with Gasteiger partial charge in [-0.25, -0.2) is 0 Å². The minimum Gasteiger partial charge on any atom is -0.466 e. The number of rotatable bonds is 4. The van der Waals surface area contributed by atoms with Crippen LogP contribution in [0.3, 0.4) is 0 Å². The van der Waals surface area contributed by atoms with Crippen molar-refractivity contribution in [2.75, 3.05) is 5.32 Å². The van der Waals surface area contributed by atoms with Gasteiger partial charge in [0, 0.05) is 12.0 Å². The molecule has 0 aliphatic carbocycles. The van der Waals surface area contributed by atoms with E-state index in [1.165, 1.54) is 11.3 Å². The third kappa shape index (κ3) is 3.07. The number of nitrogens with one attached hydrogen (secondary N) is 1. The van der Waals surface area contributed by atoms with Crippen molar-refractivity contribution in [1.29, 1.82) is 0 Å². The van der Waals surface area contributed by atoms with Gasteiger partial charge in [0.2, 0.25) is 5.13 Å². The second kappa shape index (κ2) is 5.75. The molecule has 108 valence electrons. The molecule has 0 fully saturated rings. The highest BCUT2D eigenvalue weighted by Gasteiger charge is 2.19. The molecule has 0 aliphatic heterocycles. The van der Waals surface area contributed by atoms with Crippen LogP contribution in [-0.2, 0) is 6.42 Å². The van der Waals surface area contributed by atoms with Crippen LogP contribution in [0.2, 0.25) is 0 Å². The summed E-state index contributed by atoms with van der Waals surface area (Å²) in [5, 5.41) is 12.4. The standard InChI is InChI=1S/C14H19N3O2S/c1-7(2)6-11-16-17-14(20-11)15-13(18)12-8(3)9(4)19-10(12)5/h7H,6H2,1-5H3,(H,15,17,18). The maximum Gasteiger partial charge on any atom is 0.261 e. The van der Waals surface area contributed by atoms with Crippen LogP contribution >= 0.6 is 11.3 Å². The number of aryl methyl sites for hydroxylation is 2. The summed E-state index contributed by atoms with van der Waals surface area (Å²) >= 11 is 1.42. The van der Waals surface area contributed by atoms with Gasteiger partial charge in [0.15, 0.2) is 0 Å². The topological polar surface area (TPSA) is 68.0 Å². The summed E-state index contributed by atoms with van der Waals surface area (Å²) in [6, 6.07) is 0. The lowest BCUT2D eigenvalue weighted by Crippen LogP contribution is -2.13. The van der Waals surface area contributed by atoms with Crippen LogP contribution in [-0.4, -0.2) is 16.1 Å². The zero-order valence-corrected chi connectivity index (χ0v) is 13.2. The number of aromatic nitrogens is 2. The molecule has 1 amide bonds. The summed E-state index contributed by atoms with van der Waals surface area (Å²) in [4.78, 5) is 12.3. The second-order valence-corrected chi connectivity index (χ2v) is 6.33. The quantitative estimate of drug-likeness (QED) is 0.936. The predicted octanol–water partition coefficient (Wildman–Crippen LogP) is 3.51.